The molecule has 7 heteroatoms. The Morgan fingerprint density at radius 1 is 1.15 bits per heavy atom. The predicted octanol–water partition coefficient (Wildman–Crippen LogP) is 2.00. The van der Waals surface area contributed by atoms with Crippen LogP contribution in [0.15, 0.2) is 18.2 Å². The first-order valence-corrected chi connectivity index (χ1v) is 11.9. The standard InChI is InChI=1S/C20H29N3O3S/c1-27(25,26)23-10-2-3-16-13-17(6-7-19(16)23)20(24)22-11-8-18(9-12-22)21-14-15-4-5-15/h6-7,13,15,18,21H,2-5,8-12,14H2,1H3. The van der Waals surface area contributed by atoms with Crippen molar-refractivity contribution in [2.24, 2.45) is 5.92 Å². The van der Waals surface area contributed by atoms with E-state index in [0.717, 1.165) is 62.5 Å². The molecule has 1 saturated heterocycles. The smallest absolute Gasteiger partial charge is 0.253 e. The van der Waals surface area contributed by atoms with Crippen LogP contribution >= 0.6 is 0 Å². The molecule has 4 rings (SSSR count). The van der Waals surface area contributed by atoms with Gasteiger partial charge >= 0.3 is 0 Å². The number of likely N-dealkylation sites (tertiary alicyclic amines) is 1. The lowest BCUT2D eigenvalue weighted by Crippen LogP contribution is -2.45. The van der Waals surface area contributed by atoms with Gasteiger partial charge in [0.15, 0.2) is 0 Å². The van der Waals surface area contributed by atoms with Gasteiger partial charge in [0.25, 0.3) is 5.91 Å². The monoisotopic (exact) mass is 391 g/mol. The molecule has 1 aliphatic carbocycles. The Balaban J connectivity index is 1.41. The van der Waals surface area contributed by atoms with Crippen LogP contribution < -0.4 is 9.62 Å². The molecule has 0 aromatic heterocycles. The number of hydrogen-bond acceptors (Lipinski definition) is 4. The molecule has 2 aliphatic heterocycles. The molecule has 1 N–H and O–H groups in total. The maximum atomic E-state index is 12.9. The van der Waals surface area contributed by atoms with Crippen LogP contribution in [-0.4, -0.2) is 57.7 Å². The van der Waals surface area contributed by atoms with E-state index < -0.39 is 10.0 Å². The Morgan fingerprint density at radius 2 is 1.89 bits per heavy atom. The van der Waals surface area contributed by atoms with E-state index >= 15 is 0 Å². The topological polar surface area (TPSA) is 69.7 Å². The third-order valence-electron chi connectivity index (χ3n) is 5.98. The number of fused-ring (bicyclic) bond motifs is 1. The summed E-state index contributed by atoms with van der Waals surface area (Å²) in [7, 11) is -3.28. The number of nitrogens with one attached hydrogen (secondary N) is 1. The molecule has 0 spiro atoms. The van der Waals surface area contributed by atoms with E-state index in [2.05, 4.69) is 5.32 Å². The zero-order valence-electron chi connectivity index (χ0n) is 16.0. The number of aryl methyl sites for hydroxylation is 1. The minimum atomic E-state index is -3.28. The summed E-state index contributed by atoms with van der Waals surface area (Å²) in [6, 6.07) is 6.00. The van der Waals surface area contributed by atoms with E-state index in [0.29, 0.717) is 18.2 Å². The lowest BCUT2D eigenvalue weighted by Gasteiger charge is -2.33. The fraction of sp³-hybridized carbons (Fsp3) is 0.650. The number of piperidine rings is 1. The summed E-state index contributed by atoms with van der Waals surface area (Å²) in [5.41, 5.74) is 2.36. The quantitative estimate of drug-likeness (QED) is 0.834. The number of rotatable bonds is 5. The first kappa shape index (κ1) is 18.7. The van der Waals surface area contributed by atoms with Gasteiger partial charge in [0, 0.05) is 31.2 Å². The molecule has 3 aliphatic rings. The number of anilines is 1. The Labute approximate surface area is 162 Å². The van der Waals surface area contributed by atoms with Crippen LogP contribution in [0.4, 0.5) is 5.69 Å². The van der Waals surface area contributed by atoms with Gasteiger partial charge in [-0.2, -0.15) is 0 Å². The number of benzene rings is 1. The summed E-state index contributed by atoms with van der Waals surface area (Å²) in [5.74, 6) is 0.946. The Kier molecular flexibility index (Phi) is 5.16. The molecule has 1 amide bonds. The van der Waals surface area contributed by atoms with Crippen molar-refractivity contribution >= 4 is 21.6 Å². The van der Waals surface area contributed by atoms with E-state index in [9.17, 15) is 13.2 Å². The number of sulfonamides is 1. The predicted molar refractivity (Wildman–Crippen MR) is 107 cm³/mol. The van der Waals surface area contributed by atoms with Gasteiger partial charge in [-0.3, -0.25) is 9.10 Å². The average molecular weight is 392 g/mol. The zero-order valence-corrected chi connectivity index (χ0v) is 16.8. The van der Waals surface area contributed by atoms with Crippen molar-refractivity contribution in [2.75, 3.05) is 36.7 Å². The van der Waals surface area contributed by atoms with Crippen molar-refractivity contribution in [1.29, 1.82) is 0 Å². The highest BCUT2D eigenvalue weighted by atomic mass is 32.2. The fourth-order valence-corrected chi connectivity index (χ4v) is 5.16. The van der Waals surface area contributed by atoms with Crippen molar-refractivity contribution in [1.82, 2.24) is 10.2 Å². The third-order valence-corrected chi connectivity index (χ3v) is 7.16. The number of carbonyl (C=O) groups excluding carboxylic acids is 1. The summed E-state index contributed by atoms with van der Waals surface area (Å²) in [6.45, 7) is 3.21. The summed E-state index contributed by atoms with van der Waals surface area (Å²) in [5, 5.41) is 3.64. The maximum Gasteiger partial charge on any atom is 0.253 e. The molecule has 2 fully saturated rings. The summed E-state index contributed by atoms with van der Waals surface area (Å²) < 4.78 is 25.4. The third kappa shape index (κ3) is 4.29. The Morgan fingerprint density at radius 3 is 2.56 bits per heavy atom. The van der Waals surface area contributed by atoms with Gasteiger partial charge in [-0.1, -0.05) is 0 Å². The van der Waals surface area contributed by atoms with Crippen LogP contribution in [0.3, 0.4) is 0 Å². The van der Waals surface area contributed by atoms with Crippen molar-refractivity contribution in [3.63, 3.8) is 0 Å². The van der Waals surface area contributed by atoms with Crippen LogP contribution in [-0.2, 0) is 16.4 Å². The second kappa shape index (κ2) is 7.43. The molecule has 1 aromatic rings. The molecule has 0 atom stereocenters. The van der Waals surface area contributed by atoms with Crippen LogP contribution in [0.25, 0.3) is 0 Å². The molecule has 0 bridgehead atoms. The van der Waals surface area contributed by atoms with Crippen molar-refractivity contribution in [3.05, 3.63) is 29.3 Å². The Hall–Kier alpha value is -1.60. The molecule has 1 aromatic carbocycles. The molecule has 1 saturated carbocycles. The van der Waals surface area contributed by atoms with Crippen LogP contribution in [0.1, 0.15) is 48.0 Å². The first-order valence-electron chi connectivity index (χ1n) is 10.0. The fourth-order valence-electron chi connectivity index (χ4n) is 4.16. The van der Waals surface area contributed by atoms with E-state index in [1.165, 1.54) is 23.4 Å². The molecular formula is C20H29N3O3S. The summed E-state index contributed by atoms with van der Waals surface area (Å²) in [6.07, 6.45) is 7.57. The van der Waals surface area contributed by atoms with E-state index in [1.807, 2.05) is 11.0 Å². The highest BCUT2D eigenvalue weighted by Crippen LogP contribution is 2.31. The van der Waals surface area contributed by atoms with Gasteiger partial charge < -0.3 is 10.2 Å². The van der Waals surface area contributed by atoms with Gasteiger partial charge in [0.05, 0.1) is 11.9 Å². The minimum Gasteiger partial charge on any atom is -0.339 e. The molecule has 2 heterocycles. The van der Waals surface area contributed by atoms with Crippen LogP contribution in [0.5, 0.6) is 0 Å². The first-order chi connectivity index (χ1) is 12.9. The van der Waals surface area contributed by atoms with E-state index in [4.69, 9.17) is 0 Å². The summed E-state index contributed by atoms with van der Waals surface area (Å²) >= 11 is 0. The normalized spacial score (nSPS) is 21.2. The molecule has 6 nitrogen and oxygen atoms in total. The number of amides is 1. The Bertz CT molecular complexity index is 812. The lowest BCUT2D eigenvalue weighted by molar-refractivity contribution is 0.0705. The number of carbonyl (C=O) groups is 1. The molecule has 0 radical (unpaired) electrons. The lowest BCUT2D eigenvalue weighted by atomic mass is 9.99. The van der Waals surface area contributed by atoms with Crippen LogP contribution in [0.2, 0.25) is 0 Å². The largest absolute Gasteiger partial charge is 0.339 e. The highest BCUT2D eigenvalue weighted by molar-refractivity contribution is 7.92. The van der Waals surface area contributed by atoms with E-state index in [1.54, 1.807) is 12.1 Å². The van der Waals surface area contributed by atoms with Gasteiger partial charge in [0.2, 0.25) is 10.0 Å². The maximum absolute atomic E-state index is 12.9. The highest BCUT2D eigenvalue weighted by Gasteiger charge is 2.28. The average Bonchev–Trinajstić information content (AvgIpc) is 3.49. The number of hydrogen-bond donors (Lipinski definition) is 1. The molecular weight excluding hydrogens is 362 g/mol. The minimum absolute atomic E-state index is 0.0647. The summed E-state index contributed by atoms with van der Waals surface area (Å²) in [4.78, 5) is 14.9. The zero-order chi connectivity index (χ0) is 19.0. The van der Waals surface area contributed by atoms with Crippen molar-refractivity contribution < 1.29 is 13.2 Å². The molecule has 0 unspecified atom stereocenters. The van der Waals surface area contributed by atoms with E-state index in [-0.39, 0.29) is 5.91 Å². The van der Waals surface area contributed by atoms with Crippen LogP contribution in [0, 0.1) is 5.92 Å². The molecule has 148 valence electrons. The van der Waals surface area contributed by atoms with Gasteiger partial charge in [-0.15, -0.1) is 0 Å². The van der Waals surface area contributed by atoms with Gasteiger partial charge in [-0.25, -0.2) is 8.42 Å². The SMILES string of the molecule is CS(=O)(=O)N1CCCc2cc(C(=O)N3CCC(NCC4CC4)CC3)ccc21. The van der Waals surface area contributed by atoms with Crippen molar-refractivity contribution in [2.45, 2.75) is 44.6 Å². The molecule has 27 heavy (non-hydrogen) atoms. The number of nitrogens with zero attached hydrogens (tertiary/aromatic N) is 2. The van der Waals surface area contributed by atoms with Crippen molar-refractivity contribution in [3.8, 4) is 0 Å². The van der Waals surface area contributed by atoms with Gasteiger partial charge in [0.1, 0.15) is 0 Å². The second-order valence-corrected chi connectivity index (χ2v) is 10.1. The van der Waals surface area contributed by atoms with Gasteiger partial charge in [-0.05, 0) is 74.8 Å². The second-order valence-electron chi connectivity index (χ2n) is 8.20.